The molecular weight excluding hydrogens is 779 g/mol. The van der Waals surface area contributed by atoms with Gasteiger partial charge in [0.2, 0.25) is 0 Å². The van der Waals surface area contributed by atoms with E-state index in [1.807, 2.05) is 4.90 Å². The summed E-state index contributed by atoms with van der Waals surface area (Å²) in [4.78, 5) is 24.7. The molecule has 0 radical (unpaired) electrons. The number of aliphatic hydroxyl groups excluding tert-OH is 1. The lowest BCUT2D eigenvalue weighted by Crippen LogP contribution is -2.45. The summed E-state index contributed by atoms with van der Waals surface area (Å²) in [6, 6.07) is 0. The molecule has 0 aromatic heterocycles. The second-order valence-corrected chi connectivity index (χ2v) is 19.3. The zero-order valence-electron chi connectivity index (χ0n) is 42.6. The van der Waals surface area contributed by atoms with Crippen LogP contribution >= 0.6 is 0 Å². The molecule has 1 amide bonds. The Hall–Kier alpha value is -1.97. The van der Waals surface area contributed by atoms with Gasteiger partial charge in [0.15, 0.2) is 0 Å². The summed E-state index contributed by atoms with van der Waals surface area (Å²) in [5, 5.41) is 9.39. The standard InChI is InChI=1S/C46H85N3O2.C9H20N2O/c1-5-7-9-11-13-15-17-19-21-23-25-27-29-31-33-35-40-49(46(50)51-45-38-37-39-48(44-45)43-42-47(3)4)41-36-34-32-30-28-26-24-22-20-18-16-14-12-10-8-6-2;1-10(2)6-7-11-5-3-4-9(12)8-11/h13-16,19-22,45H,5-12,17-18,23-44H2,1-4H3;9,12H,3-8H2,1-2H3/b15-13-,16-14-,21-19-,22-20-;. The molecule has 63 heavy (non-hydrogen) atoms. The number of hydrogen-bond acceptors (Lipinski definition) is 7. The molecule has 2 atom stereocenters. The second kappa shape index (κ2) is 43.9. The highest BCUT2D eigenvalue weighted by molar-refractivity contribution is 5.67. The zero-order chi connectivity index (χ0) is 45.9. The van der Waals surface area contributed by atoms with E-state index in [1.165, 1.54) is 128 Å². The van der Waals surface area contributed by atoms with Crippen LogP contribution in [0, 0.1) is 0 Å². The van der Waals surface area contributed by atoms with E-state index < -0.39 is 0 Å². The van der Waals surface area contributed by atoms with E-state index in [2.05, 4.69) is 110 Å². The molecule has 8 heteroatoms. The Kier molecular flexibility index (Phi) is 41.1. The topological polar surface area (TPSA) is 62.7 Å². The molecule has 0 aromatic carbocycles. The van der Waals surface area contributed by atoms with Crippen LogP contribution in [0.1, 0.15) is 194 Å². The molecule has 1 N–H and O–H groups in total. The molecule has 2 aliphatic rings. The van der Waals surface area contributed by atoms with Gasteiger partial charge in [-0.1, -0.05) is 140 Å². The zero-order valence-corrected chi connectivity index (χ0v) is 42.6. The van der Waals surface area contributed by atoms with Crippen molar-refractivity contribution in [2.75, 3.05) is 93.6 Å². The average Bonchev–Trinajstić information content (AvgIpc) is 3.27. The van der Waals surface area contributed by atoms with Crippen molar-refractivity contribution in [3.05, 3.63) is 48.6 Å². The summed E-state index contributed by atoms with van der Waals surface area (Å²) in [6.07, 6.45) is 52.7. The fraction of sp³-hybridized carbons (Fsp3) is 0.836. The van der Waals surface area contributed by atoms with E-state index in [0.29, 0.717) is 0 Å². The SMILES string of the molecule is CCCCC/C=C\C/C=C\CCCCCCCCN(CCCCCCCC/C=C\C/C=C\CCCCC)C(=O)OC1CCCN(CCN(C)C)C1.CN(C)CCN1CCCC(O)C1. The second-order valence-electron chi connectivity index (χ2n) is 19.3. The van der Waals surface area contributed by atoms with Crippen LogP contribution in [0.3, 0.4) is 0 Å². The van der Waals surface area contributed by atoms with Crippen molar-refractivity contribution < 1.29 is 14.6 Å². The Balaban J connectivity index is 0.00000141. The lowest BCUT2D eigenvalue weighted by Gasteiger charge is -2.34. The fourth-order valence-corrected chi connectivity index (χ4v) is 8.32. The van der Waals surface area contributed by atoms with E-state index in [0.717, 1.165) is 117 Å². The number of β-amino-alcohol motifs (C(OH)–C–C–N with tert-alkyl or cyclic N) is 1. The molecule has 0 spiro atoms. The van der Waals surface area contributed by atoms with Crippen LogP contribution in [0.25, 0.3) is 0 Å². The Morgan fingerprint density at radius 2 is 0.921 bits per heavy atom. The maximum atomic E-state index is 13.4. The lowest BCUT2D eigenvalue weighted by molar-refractivity contribution is 0.0199. The molecule has 2 unspecified atom stereocenters. The van der Waals surface area contributed by atoms with Crippen molar-refractivity contribution in [1.29, 1.82) is 0 Å². The highest BCUT2D eigenvalue weighted by atomic mass is 16.6. The van der Waals surface area contributed by atoms with Crippen molar-refractivity contribution in [2.24, 2.45) is 0 Å². The van der Waals surface area contributed by atoms with Gasteiger partial charge in [-0.25, -0.2) is 4.79 Å². The van der Waals surface area contributed by atoms with Gasteiger partial charge in [-0.3, -0.25) is 9.80 Å². The number of piperidine rings is 2. The van der Waals surface area contributed by atoms with Gasteiger partial charge in [0.1, 0.15) is 6.10 Å². The summed E-state index contributed by atoms with van der Waals surface area (Å²) in [5.41, 5.74) is 0. The van der Waals surface area contributed by atoms with Crippen molar-refractivity contribution in [2.45, 2.75) is 206 Å². The van der Waals surface area contributed by atoms with E-state index >= 15 is 0 Å². The van der Waals surface area contributed by atoms with Gasteiger partial charge in [0.25, 0.3) is 0 Å². The minimum absolute atomic E-state index is 0.0302. The Bertz CT molecular complexity index is 1080. The number of carbonyl (C=O) groups excluding carboxylic acids is 1. The molecule has 0 saturated carbocycles. The van der Waals surface area contributed by atoms with Gasteiger partial charge in [-0.15, -0.1) is 0 Å². The molecule has 2 aliphatic heterocycles. The minimum Gasteiger partial charge on any atom is -0.445 e. The summed E-state index contributed by atoms with van der Waals surface area (Å²) in [6.45, 7) is 14.5. The highest BCUT2D eigenvalue weighted by Crippen LogP contribution is 2.17. The summed E-state index contributed by atoms with van der Waals surface area (Å²) < 4.78 is 6.16. The maximum Gasteiger partial charge on any atom is 0.410 e. The van der Waals surface area contributed by atoms with Crippen molar-refractivity contribution in [3.8, 4) is 0 Å². The summed E-state index contributed by atoms with van der Waals surface area (Å²) >= 11 is 0. The smallest absolute Gasteiger partial charge is 0.410 e. The third kappa shape index (κ3) is 39.0. The van der Waals surface area contributed by atoms with Crippen LogP contribution in [0.2, 0.25) is 0 Å². The normalized spacial score (nSPS) is 17.9. The van der Waals surface area contributed by atoms with Crippen LogP contribution in [0.4, 0.5) is 4.79 Å². The highest BCUT2D eigenvalue weighted by Gasteiger charge is 2.25. The maximum absolute atomic E-state index is 13.4. The first kappa shape index (κ1) is 59.0. The number of aliphatic hydroxyl groups is 1. The van der Waals surface area contributed by atoms with Gasteiger partial charge in [0, 0.05) is 52.4 Å². The third-order valence-corrected chi connectivity index (χ3v) is 12.5. The molecule has 0 aromatic rings. The monoisotopic (exact) mass is 884 g/mol. The molecule has 2 rings (SSSR count). The Labute approximate surface area is 392 Å². The average molecular weight is 884 g/mol. The van der Waals surface area contributed by atoms with Crippen molar-refractivity contribution in [1.82, 2.24) is 24.5 Å². The number of likely N-dealkylation sites (tertiary alicyclic amines) is 2. The lowest BCUT2D eigenvalue weighted by atomic mass is 10.1. The van der Waals surface area contributed by atoms with Crippen LogP contribution in [-0.2, 0) is 4.74 Å². The summed E-state index contributed by atoms with van der Waals surface area (Å²) in [5.74, 6) is 0. The Morgan fingerprint density at radius 1 is 0.524 bits per heavy atom. The number of hydrogen-bond donors (Lipinski definition) is 1. The van der Waals surface area contributed by atoms with Crippen molar-refractivity contribution >= 4 is 6.09 Å². The first-order valence-electron chi connectivity index (χ1n) is 26.7. The molecule has 0 bridgehead atoms. The van der Waals surface area contributed by atoms with Crippen LogP contribution in [-0.4, -0.2) is 142 Å². The third-order valence-electron chi connectivity index (χ3n) is 12.5. The number of amides is 1. The molecule has 2 fully saturated rings. The van der Waals surface area contributed by atoms with Gasteiger partial charge in [0.05, 0.1) is 6.10 Å². The number of nitrogens with zero attached hydrogens (tertiary/aromatic N) is 5. The quantitative estimate of drug-likeness (QED) is 0.0492. The molecule has 2 saturated heterocycles. The van der Waals surface area contributed by atoms with Gasteiger partial charge < -0.3 is 24.5 Å². The molecular formula is C55H105N5O3. The summed E-state index contributed by atoms with van der Waals surface area (Å²) in [7, 11) is 8.42. The van der Waals surface area contributed by atoms with Crippen molar-refractivity contribution in [3.63, 3.8) is 0 Å². The van der Waals surface area contributed by atoms with E-state index in [9.17, 15) is 9.90 Å². The van der Waals surface area contributed by atoms with Crippen LogP contribution in [0.15, 0.2) is 48.6 Å². The molecule has 0 aliphatic carbocycles. The Morgan fingerprint density at radius 3 is 1.35 bits per heavy atom. The fourth-order valence-electron chi connectivity index (χ4n) is 8.32. The largest absolute Gasteiger partial charge is 0.445 e. The number of unbranched alkanes of at least 4 members (excludes halogenated alkanes) is 18. The minimum atomic E-state index is -0.0825. The number of ether oxygens (including phenoxy) is 1. The number of rotatable bonds is 37. The van der Waals surface area contributed by atoms with Gasteiger partial charge in [-0.2, -0.15) is 0 Å². The van der Waals surface area contributed by atoms with E-state index in [4.69, 9.17) is 4.74 Å². The number of carbonyl (C=O) groups is 1. The van der Waals surface area contributed by atoms with Crippen LogP contribution < -0.4 is 0 Å². The van der Waals surface area contributed by atoms with Crippen LogP contribution in [0.5, 0.6) is 0 Å². The first-order valence-corrected chi connectivity index (χ1v) is 26.7. The van der Waals surface area contributed by atoms with E-state index in [1.54, 1.807) is 0 Å². The molecule has 2 heterocycles. The number of allylic oxidation sites excluding steroid dienone is 8. The number of likely N-dealkylation sites (N-methyl/N-ethyl adjacent to an activating group) is 2. The van der Waals surface area contributed by atoms with Gasteiger partial charge >= 0.3 is 6.09 Å². The predicted molar refractivity (Wildman–Crippen MR) is 275 cm³/mol. The first-order chi connectivity index (χ1) is 30.7. The molecule has 8 nitrogen and oxygen atoms in total. The van der Waals surface area contributed by atoms with Gasteiger partial charge in [-0.05, 0) is 144 Å². The predicted octanol–water partition coefficient (Wildman–Crippen LogP) is 13.1. The molecule has 368 valence electrons. The van der Waals surface area contributed by atoms with E-state index in [-0.39, 0.29) is 18.3 Å².